The lowest BCUT2D eigenvalue weighted by atomic mass is 10.1. The van der Waals surface area contributed by atoms with E-state index in [9.17, 15) is 9.59 Å². The van der Waals surface area contributed by atoms with Crippen LogP contribution in [0.5, 0.6) is 0 Å². The van der Waals surface area contributed by atoms with E-state index in [0.29, 0.717) is 0 Å². The fourth-order valence-electron chi connectivity index (χ4n) is 3.41. The van der Waals surface area contributed by atoms with Crippen LogP contribution in [0.25, 0.3) is 0 Å². The predicted octanol–water partition coefficient (Wildman–Crippen LogP) is 2.31. The Morgan fingerprint density at radius 2 is 1.76 bits per heavy atom. The maximum absolute atomic E-state index is 12.5. The second-order valence-corrected chi connectivity index (χ2v) is 6.95. The first-order valence-corrected chi connectivity index (χ1v) is 9.64. The molecule has 2 aromatic rings. The summed E-state index contributed by atoms with van der Waals surface area (Å²) in [5.41, 5.74) is 2.61. The number of nitrogens with one attached hydrogen (secondary N) is 1. The molecule has 7 heteroatoms. The van der Waals surface area contributed by atoms with Gasteiger partial charge in [0.2, 0.25) is 5.91 Å². The Labute approximate surface area is 171 Å². The monoisotopic (exact) mass is 397 g/mol. The molecule has 2 aromatic carbocycles. The van der Waals surface area contributed by atoms with E-state index in [0.717, 1.165) is 43.2 Å². The van der Waals surface area contributed by atoms with Crippen LogP contribution < -0.4 is 10.2 Å². The molecule has 0 aromatic heterocycles. The van der Waals surface area contributed by atoms with Crippen LogP contribution >= 0.6 is 0 Å². The number of carbonyl (C=O) groups excluding carboxylic acids is 2. The first-order valence-electron chi connectivity index (χ1n) is 9.64. The molecule has 0 spiro atoms. The zero-order valence-electron chi connectivity index (χ0n) is 16.8. The van der Waals surface area contributed by atoms with Crippen molar-refractivity contribution in [3.05, 3.63) is 60.2 Å². The van der Waals surface area contributed by atoms with Gasteiger partial charge in [0.15, 0.2) is 0 Å². The zero-order chi connectivity index (χ0) is 20.6. The number of esters is 1. The summed E-state index contributed by atoms with van der Waals surface area (Å²) in [6.45, 7) is 3.25. The Kier molecular flexibility index (Phi) is 7.21. The van der Waals surface area contributed by atoms with Crippen LogP contribution in [0.1, 0.15) is 11.6 Å². The Balaban J connectivity index is 1.60. The number of ether oxygens (including phenoxy) is 2. The first-order chi connectivity index (χ1) is 14.1. The molecule has 1 heterocycles. The van der Waals surface area contributed by atoms with Crippen molar-refractivity contribution in [3.8, 4) is 0 Å². The molecule has 1 aliphatic heterocycles. The van der Waals surface area contributed by atoms with Crippen LogP contribution in [-0.4, -0.2) is 63.8 Å². The van der Waals surface area contributed by atoms with E-state index < -0.39 is 12.0 Å². The largest absolute Gasteiger partial charge is 0.468 e. The van der Waals surface area contributed by atoms with Crippen LogP contribution in [-0.2, 0) is 19.1 Å². The van der Waals surface area contributed by atoms with Gasteiger partial charge in [-0.25, -0.2) is 4.79 Å². The molecule has 29 heavy (non-hydrogen) atoms. The SMILES string of the molecule is COC(=O)[C@@H](c1ccccc1)N(C)CC(=O)Nc1ccc(N2CCOCC2)cc1. The molecule has 1 N–H and O–H groups in total. The third-order valence-electron chi connectivity index (χ3n) is 4.90. The number of hydrogen-bond donors (Lipinski definition) is 1. The van der Waals surface area contributed by atoms with Crippen LogP contribution in [0.15, 0.2) is 54.6 Å². The van der Waals surface area contributed by atoms with Crippen molar-refractivity contribution in [2.75, 3.05) is 57.2 Å². The van der Waals surface area contributed by atoms with Crippen LogP contribution in [0.4, 0.5) is 11.4 Å². The molecule has 1 amide bonds. The molecule has 3 rings (SSSR count). The number of anilines is 2. The minimum atomic E-state index is -0.643. The van der Waals surface area contributed by atoms with Crippen LogP contribution in [0.3, 0.4) is 0 Å². The van der Waals surface area contributed by atoms with Gasteiger partial charge in [-0.1, -0.05) is 30.3 Å². The quantitative estimate of drug-likeness (QED) is 0.723. The predicted molar refractivity (Wildman–Crippen MR) is 112 cm³/mol. The van der Waals surface area contributed by atoms with E-state index in [1.165, 1.54) is 7.11 Å². The lowest BCUT2D eigenvalue weighted by Gasteiger charge is -2.29. The van der Waals surface area contributed by atoms with Gasteiger partial charge in [-0.15, -0.1) is 0 Å². The fourth-order valence-corrected chi connectivity index (χ4v) is 3.41. The summed E-state index contributed by atoms with van der Waals surface area (Å²) in [7, 11) is 3.08. The molecule has 0 saturated carbocycles. The molecule has 0 radical (unpaired) electrons. The van der Waals surface area contributed by atoms with Crippen molar-refractivity contribution in [2.24, 2.45) is 0 Å². The Bertz CT molecular complexity index is 805. The molecular weight excluding hydrogens is 370 g/mol. The van der Waals surface area contributed by atoms with Crippen molar-refractivity contribution in [1.82, 2.24) is 4.90 Å². The number of benzene rings is 2. The van der Waals surface area contributed by atoms with E-state index in [1.54, 1.807) is 11.9 Å². The lowest BCUT2D eigenvalue weighted by molar-refractivity contribution is -0.147. The van der Waals surface area contributed by atoms with Gasteiger partial charge in [-0.2, -0.15) is 0 Å². The highest BCUT2D eigenvalue weighted by Gasteiger charge is 2.27. The molecule has 1 aliphatic rings. The van der Waals surface area contributed by atoms with E-state index in [-0.39, 0.29) is 12.5 Å². The topological polar surface area (TPSA) is 71.1 Å². The summed E-state index contributed by atoms with van der Waals surface area (Å²) in [4.78, 5) is 28.7. The third kappa shape index (κ3) is 5.56. The van der Waals surface area contributed by atoms with Crippen molar-refractivity contribution in [1.29, 1.82) is 0 Å². The minimum Gasteiger partial charge on any atom is -0.468 e. The van der Waals surface area contributed by atoms with Gasteiger partial charge in [0.05, 0.1) is 26.9 Å². The maximum atomic E-state index is 12.5. The summed E-state index contributed by atoms with van der Waals surface area (Å²) >= 11 is 0. The number of methoxy groups -OCH3 is 1. The number of amides is 1. The molecule has 0 bridgehead atoms. The Morgan fingerprint density at radius 3 is 2.38 bits per heavy atom. The lowest BCUT2D eigenvalue weighted by Crippen LogP contribution is -2.37. The third-order valence-corrected chi connectivity index (χ3v) is 4.90. The smallest absolute Gasteiger partial charge is 0.327 e. The highest BCUT2D eigenvalue weighted by molar-refractivity contribution is 5.93. The van der Waals surface area contributed by atoms with Crippen molar-refractivity contribution < 1.29 is 19.1 Å². The average molecular weight is 397 g/mol. The van der Waals surface area contributed by atoms with Gasteiger partial charge in [-0.3, -0.25) is 9.69 Å². The Hall–Kier alpha value is -2.90. The average Bonchev–Trinajstić information content (AvgIpc) is 2.75. The summed E-state index contributed by atoms with van der Waals surface area (Å²) in [6, 6.07) is 16.4. The number of hydrogen-bond acceptors (Lipinski definition) is 6. The zero-order valence-corrected chi connectivity index (χ0v) is 16.8. The number of nitrogens with zero attached hydrogens (tertiary/aromatic N) is 2. The second-order valence-electron chi connectivity index (χ2n) is 6.95. The summed E-state index contributed by atoms with van der Waals surface area (Å²) < 4.78 is 10.3. The summed E-state index contributed by atoms with van der Waals surface area (Å²) in [5.74, 6) is -0.599. The normalized spacial score (nSPS) is 15.1. The standard InChI is InChI=1S/C22H27N3O4/c1-24(21(22(27)28-2)17-6-4-3-5-7-17)16-20(26)23-18-8-10-19(11-9-18)25-12-14-29-15-13-25/h3-11,21H,12-16H2,1-2H3,(H,23,26)/t21-/m1/s1. The molecule has 0 unspecified atom stereocenters. The molecule has 154 valence electrons. The molecular formula is C22H27N3O4. The minimum absolute atomic E-state index is 0.0554. The fraction of sp³-hybridized carbons (Fsp3) is 0.364. The van der Waals surface area contributed by atoms with E-state index in [2.05, 4.69) is 10.2 Å². The number of likely N-dealkylation sites (N-methyl/N-ethyl adjacent to an activating group) is 1. The molecule has 1 atom stereocenters. The van der Waals surface area contributed by atoms with Crippen LogP contribution in [0.2, 0.25) is 0 Å². The number of carbonyl (C=O) groups is 2. The number of rotatable bonds is 7. The van der Waals surface area contributed by atoms with E-state index in [4.69, 9.17) is 9.47 Å². The maximum Gasteiger partial charge on any atom is 0.327 e. The van der Waals surface area contributed by atoms with Gasteiger partial charge in [0.25, 0.3) is 0 Å². The van der Waals surface area contributed by atoms with Crippen molar-refractivity contribution in [2.45, 2.75) is 6.04 Å². The van der Waals surface area contributed by atoms with Gasteiger partial charge in [-0.05, 0) is 36.9 Å². The van der Waals surface area contributed by atoms with Gasteiger partial charge >= 0.3 is 5.97 Å². The van der Waals surface area contributed by atoms with E-state index in [1.807, 2.05) is 54.6 Å². The Morgan fingerprint density at radius 1 is 1.10 bits per heavy atom. The van der Waals surface area contributed by atoms with Gasteiger partial charge < -0.3 is 19.7 Å². The van der Waals surface area contributed by atoms with Crippen LogP contribution in [0, 0.1) is 0 Å². The number of morpholine rings is 1. The highest BCUT2D eigenvalue weighted by Crippen LogP contribution is 2.22. The summed E-state index contributed by atoms with van der Waals surface area (Å²) in [6.07, 6.45) is 0. The molecule has 1 fully saturated rings. The van der Waals surface area contributed by atoms with Gasteiger partial charge in [0, 0.05) is 24.5 Å². The first kappa shape index (κ1) is 20.8. The highest BCUT2D eigenvalue weighted by atomic mass is 16.5. The molecule has 0 aliphatic carbocycles. The summed E-state index contributed by atoms with van der Waals surface area (Å²) in [5, 5.41) is 2.89. The van der Waals surface area contributed by atoms with Crippen molar-refractivity contribution >= 4 is 23.3 Å². The van der Waals surface area contributed by atoms with E-state index >= 15 is 0 Å². The van der Waals surface area contributed by atoms with Crippen molar-refractivity contribution in [3.63, 3.8) is 0 Å². The second kappa shape index (κ2) is 10.0. The molecule has 1 saturated heterocycles. The molecule has 7 nitrogen and oxygen atoms in total. The van der Waals surface area contributed by atoms with Gasteiger partial charge in [0.1, 0.15) is 6.04 Å².